The number of aryl methyl sites for hydroxylation is 1. The Morgan fingerprint density at radius 3 is 2.47 bits per heavy atom. The Morgan fingerprint density at radius 2 is 1.82 bits per heavy atom. The number of carbonyl (C=O) groups excluding carboxylic acids is 1. The molecule has 1 saturated heterocycles. The second-order valence-electron chi connectivity index (χ2n) is 8.10. The highest BCUT2D eigenvalue weighted by atomic mass is 32.2. The van der Waals surface area contributed by atoms with Crippen LogP contribution in [0.1, 0.15) is 18.4 Å². The number of benzene rings is 2. The summed E-state index contributed by atoms with van der Waals surface area (Å²) in [7, 11) is -2.27. The quantitative estimate of drug-likeness (QED) is 0.542. The molecule has 0 bridgehead atoms. The third-order valence-electron chi connectivity index (χ3n) is 5.59. The molecule has 1 aromatic heterocycles. The highest BCUT2D eigenvalue weighted by Crippen LogP contribution is 2.29. The average molecular weight is 486 g/mol. The van der Waals surface area contributed by atoms with Crippen molar-refractivity contribution in [2.75, 3.05) is 38.6 Å². The molecular weight excluding hydrogens is 458 g/mol. The number of carbonyl (C=O) groups is 1. The van der Waals surface area contributed by atoms with Crippen LogP contribution in [0.15, 0.2) is 51.9 Å². The minimum Gasteiger partial charge on any atom is -0.495 e. The zero-order valence-corrected chi connectivity index (χ0v) is 20.1. The summed E-state index contributed by atoms with van der Waals surface area (Å²) >= 11 is 0. The fourth-order valence-corrected chi connectivity index (χ4v) is 5.19. The summed E-state index contributed by atoms with van der Waals surface area (Å²) in [4.78, 5) is 18.1. The number of hydrogen-bond donors (Lipinski definition) is 1. The predicted octanol–water partition coefficient (Wildman–Crippen LogP) is 2.52. The van der Waals surface area contributed by atoms with Crippen molar-refractivity contribution in [2.45, 2.75) is 25.3 Å². The minimum atomic E-state index is -3.73. The average Bonchev–Trinajstić information content (AvgIpc) is 3.28. The summed E-state index contributed by atoms with van der Waals surface area (Å²) in [5.41, 5.74) is 2.35. The first-order chi connectivity index (χ1) is 16.3. The molecule has 0 aliphatic carbocycles. The van der Waals surface area contributed by atoms with E-state index in [0.717, 1.165) is 11.1 Å². The summed E-state index contributed by atoms with van der Waals surface area (Å²) < 4.78 is 38.4. The molecule has 3 aromatic rings. The van der Waals surface area contributed by atoms with Gasteiger partial charge in [0.15, 0.2) is 0 Å². The van der Waals surface area contributed by atoms with Crippen LogP contribution in [0.3, 0.4) is 0 Å². The van der Waals surface area contributed by atoms with Gasteiger partial charge in [-0.2, -0.15) is 9.29 Å². The number of amides is 1. The number of methoxy groups -OCH3 is 1. The second kappa shape index (κ2) is 9.92. The standard InChI is InChI=1S/C23H27N5O5S/c1-16-4-6-18(7-5-16)23-25-22(33-26-23)15-27-10-12-28(13-11-27)34(30,31)19-8-9-21(32-3)20(14-19)24-17(2)29/h4-9,14H,10-13,15H2,1-3H3,(H,24,29). The first-order valence-electron chi connectivity index (χ1n) is 10.8. The van der Waals surface area contributed by atoms with E-state index >= 15 is 0 Å². The van der Waals surface area contributed by atoms with E-state index in [1.807, 2.05) is 31.2 Å². The lowest BCUT2D eigenvalue weighted by molar-refractivity contribution is -0.114. The van der Waals surface area contributed by atoms with Crippen molar-refractivity contribution in [3.05, 3.63) is 53.9 Å². The van der Waals surface area contributed by atoms with E-state index < -0.39 is 10.0 Å². The highest BCUT2D eigenvalue weighted by molar-refractivity contribution is 7.89. The van der Waals surface area contributed by atoms with Crippen molar-refractivity contribution in [3.63, 3.8) is 0 Å². The van der Waals surface area contributed by atoms with Gasteiger partial charge in [0.2, 0.25) is 27.6 Å². The van der Waals surface area contributed by atoms with Crippen molar-refractivity contribution >= 4 is 21.6 Å². The molecule has 1 amide bonds. The Morgan fingerprint density at radius 1 is 1.12 bits per heavy atom. The van der Waals surface area contributed by atoms with Crippen LogP contribution < -0.4 is 10.1 Å². The lowest BCUT2D eigenvalue weighted by Gasteiger charge is -2.33. The van der Waals surface area contributed by atoms with E-state index in [4.69, 9.17) is 9.26 Å². The number of ether oxygens (including phenoxy) is 1. The van der Waals surface area contributed by atoms with Gasteiger partial charge in [-0.15, -0.1) is 0 Å². The third kappa shape index (κ3) is 5.27. The van der Waals surface area contributed by atoms with Crippen molar-refractivity contribution in [2.24, 2.45) is 0 Å². The Balaban J connectivity index is 1.40. The number of hydrogen-bond acceptors (Lipinski definition) is 8. The van der Waals surface area contributed by atoms with E-state index in [-0.39, 0.29) is 10.8 Å². The van der Waals surface area contributed by atoms with Gasteiger partial charge in [-0.3, -0.25) is 9.69 Å². The number of nitrogens with one attached hydrogen (secondary N) is 1. The molecule has 0 unspecified atom stereocenters. The summed E-state index contributed by atoms with van der Waals surface area (Å²) in [5.74, 6) is 1.10. The molecule has 10 nitrogen and oxygen atoms in total. The molecule has 4 rings (SSSR count). The van der Waals surface area contributed by atoms with Crippen molar-refractivity contribution in [1.29, 1.82) is 0 Å². The van der Waals surface area contributed by atoms with E-state index in [0.29, 0.717) is 55.9 Å². The van der Waals surface area contributed by atoms with E-state index in [1.54, 1.807) is 0 Å². The largest absolute Gasteiger partial charge is 0.495 e. The normalized spacial score (nSPS) is 15.3. The van der Waals surface area contributed by atoms with Gasteiger partial charge >= 0.3 is 0 Å². The Labute approximate surface area is 198 Å². The number of nitrogens with zero attached hydrogens (tertiary/aromatic N) is 4. The Kier molecular flexibility index (Phi) is 6.96. The smallest absolute Gasteiger partial charge is 0.243 e. The molecule has 0 saturated carbocycles. The van der Waals surface area contributed by atoms with Gasteiger partial charge in [-0.25, -0.2) is 8.42 Å². The predicted molar refractivity (Wildman–Crippen MR) is 126 cm³/mol. The first-order valence-corrected chi connectivity index (χ1v) is 12.3. The number of aromatic nitrogens is 2. The maximum absolute atomic E-state index is 13.2. The fraction of sp³-hybridized carbons (Fsp3) is 0.348. The molecule has 34 heavy (non-hydrogen) atoms. The molecule has 2 aromatic carbocycles. The summed E-state index contributed by atoms with van der Waals surface area (Å²) in [6.45, 7) is 5.51. The number of anilines is 1. The van der Waals surface area contributed by atoms with Gasteiger partial charge in [-0.05, 0) is 25.1 Å². The molecule has 0 spiro atoms. The number of sulfonamides is 1. The Hall–Kier alpha value is -3.28. The van der Waals surface area contributed by atoms with E-state index in [1.165, 1.54) is 36.5 Å². The van der Waals surface area contributed by atoms with E-state index in [2.05, 4.69) is 20.4 Å². The zero-order chi connectivity index (χ0) is 24.3. The van der Waals surface area contributed by atoms with Gasteiger partial charge in [-0.1, -0.05) is 35.0 Å². The lowest BCUT2D eigenvalue weighted by Crippen LogP contribution is -2.48. The molecule has 1 fully saturated rings. The van der Waals surface area contributed by atoms with E-state index in [9.17, 15) is 13.2 Å². The maximum Gasteiger partial charge on any atom is 0.243 e. The molecule has 2 heterocycles. The van der Waals surface area contributed by atoms with Crippen LogP contribution in [-0.4, -0.2) is 67.0 Å². The molecule has 11 heteroatoms. The number of rotatable bonds is 7. The third-order valence-corrected chi connectivity index (χ3v) is 7.48. The van der Waals surface area contributed by atoms with Crippen LogP contribution in [-0.2, 0) is 21.4 Å². The zero-order valence-electron chi connectivity index (χ0n) is 19.3. The molecular formula is C23H27N5O5S. The SMILES string of the molecule is COc1ccc(S(=O)(=O)N2CCN(Cc3nc(-c4ccc(C)cc4)no3)CC2)cc1NC(C)=O. The summed E-state index contributed by atoms with van der Waals surface area (Å²) in [5, 5.41) is 6.67. The van der Waals surface area contributed by atoms with Crippen LogP contribution in [0.2, 0.25) is 0 Å². The highest BCUT2D eigenvalue weighted by Gasteiger charge is 2.30. The van der Waals surface area contributed by atoms with Gasteiger partial charge in [0.25, 0.3) is 0 Å². The van der Waals surface area contributed by atoms with Crippen LogP contribution in [0.5, 0.6) is 5.75 Å². The van der Waals surface area contributed by atoms with Gasteiger partial charge in [0.05, 0.1) is 24.2 Å². The monoisotopic (exact) mass is 485 g/mol. The Bertz CT molecular complexity index is 1270. The van der Waals surface area contributed by atoms with Gasteiger partial charge in [0.1, 0.15) is 5.75 Å². The van der Waals surface area contributed by atoms with Gasteiger partial charge in [0, 0.05) is 38.7 Å². The van der Waals surface area contributed by atoms with Crippen molar-refractivity contribution < 1.29 is 22.5 Å². The molecule has 1 aliphatic rings. The van der Waals surface area contributed by atoms with Crippen molar-refractivity contribution in [3.8, 4) is 17.1 Å². The van der Waals surface area contributed by atoms with Crippen LogP contribution in [0.25, 0.3) is 11.4 Å². The summed E-state index contributed by atoms with van der Waals surface area (Å²) in [6, 6.07) is 12.3. The lowest BCUT2D eigenvalue weighted by atomic mass is 10.1. The summed E-state index contributed by atoms with van der Waals surface area (Å²) in [6.07, 6.45) is 0. The van der Waals surface area contributed by atoms with Crippen LogP contribution >= 0.6 is 0 Å². The molecule has 180 valence electrons. The molecule has 1 aliphatic heterocycles. The van der Waals surface area contributed by atoms with Crippen molar-refractivity contribution in [1.82, 2.24) is 19.3 Å². The number of piperazine rings is 1. The van der Waals surface area contributed by atoms with Crippen LogP contribution in [0.4, 0.5) is 5.69 Å². The minimum absolute atomic E-state index is 0.102. The molecule has 1 N–H and O–H groups in total. The fourth-order valence-electron chi connectivity index (χ4n) is 3.74. The van der Waals surface area contributed by atoms with Gasteiger partial charge < -0.3 is 14.6 Å². The topological polar surface area (TPSA) is 118 Å². The molecule has 0 radical (unpaired) electrons. The maximum atomic E-state index is 13.2. The van der Waals surface area contributed by atoms with Crippen LogP contribution in [0, 0.1) is 6.92 Å². The molecule has 0 atom stereocenters. The second-order valence-corrected chi connectivity index (χ2v) is 10.0. The first kappa shape index (κ1) is 23.9.